The summed E-state index contributed by atoms with van der Waals surface area (Å²) >= 11 is 1.71. The number of rotatable bonds is 6. The van der Waals surface area contributed by atoms with Gasteiger partial charge in [0.05, 0.1) is 30.4 Å². The molecule has 2 atom stereocenters. The minimum Gasteiger partial charge on any atom is -0.389 e. The normalized spacial score (nSPS) is 23.1. The van der Waals surface area contributed by atoms with Gasteiger partial charge in [0.25, 0.3) is 0 Å². The lowest BCUT2D eigenvalue weighted by molar-refractivity contribution is -0.127. The number of thiazole rings is 1. The fourth-order valence-electron chi connectivity index (χ4n) is 3.80. The summed E-state index contributed by atoms with van der Waals surface area (Å²) in [5.41, 5.74) is 1.27. The van der Waals surface area contributed by atoms with E-state index in [-0.39, 0.29) is 5.91 Å². The summed E-state index contributed by atoms with van der Waals surface area (Å²) in [7, 11) is 3.73. The molecule has 0 unspecified atom stereocenters. The fraction of sp³-hybridized carbons (Fsp3) is 0.524. The number of hydrogen-bond donors (Lipinski definition) is 2. The number of aliphatic hydroxyl groups excluding tert-OH is 1. The van der Waals surface area contributed by atoms with Crippen LogP contribution in [0.3, 0.4) is 0 Å². The van der Waals surface area contributed by atoms with E-state index in [2.05, 4.69) is 22.1 Å². The number of amides is 1. The Morgan fingerprint density at radius 3 is 2.64 bits per heavy atom. The summed E-state index contributed by atoms with van der Waals surface area (Å²) in [6.07, 6.45) is -0.0438. The van der Waals surface area contributed by atoms with Crippen molar-refractivity contribution in [2.45, 2.75) is 38.5 Å². The third kappa shape index (κ3) is 4.60. The van der Waals surface area contributed by atoms with Gasteiger partial charge in [0.2, 0.25) is 5.91 Å². The maximum Gasteiger partial charge on any atom is 0.234 e. The third-order valence-corrected chi connectivity index (χ3v) is 6.42. The van der Waals surface area contributed by atoms with E-state index in [9.17, 15) is 9.90 Å². The number of β-amino-alcohol motifs (C(OH)–C–C–N with tert-alkyl or cyclic N) is 1. The van der Waals surface area contributed by atoms with E-state index in [1.807, 2.05) is 56.3 Å². The number of carbonyl (C=O) groups is 1. The molecule has 0 saturated carbocycles. The Morgan fingerprint density at radius 2 is 2.07 bits per heavy atom. The van der Waals surface area contributed by atoms with Gasteiger partial charge in [0.15, 0.2) is 0 Å². The molecule has 28 heavy (non-hydrogen) atoms. The van der Waals surface area contributed by atoms with Crippen LogP contribution in [0.1, 0.15) is 27.6 Å². The largest absolute Gasteiger partial charge is 0.389 e. The number of aliphatic hydroxyl groups is 1. The highest BCUT2D eigenvalue weighted by atomic mass is 32.1. The summed E-state index contributed by atoms with van der Waals surface area (Å²) in [4.78, 5) is 22.5. The first-order valence-electron chi connectivity index (χ1n) is 9.65. The molecule has 152 valence electrons. The van der Waals surface area contributed by atoms with E-state index in [0.717, 1.165) is 29.4 Å². The van der Waals surface area contributed by atoms with Crippen molar-refractivity contribution in [3.63, 3.8) is 0 Å². The van der Waals surface area contributed by atoms with Crippen LogP contribution < -0.4 is 5.32 Å². The van der Waals surface area contributed by atoms with E-state index < -0.39 is 11.6 Å². The molecular formula is C21H30N4O2S. The number of likely N-dealkylation sites (N-methyl/N-ethyl adjacent to an activating group) is 1. The highest BCUT2D eigenvalue weighted by molar-refractivity contribution is 7.11. The Hall–Kier alpha value is -1.80. The third-order valence-electron chi connectivity index (χ3n) is 5.37. The number of benzene rings is 1. The monoisotopic (exact) mass is 402 g/mol. The van der Waals surface area contributed by atoms with Crippen molar-refractivity contribution in [1.82, 2.24) is 20.1 Å². The minimum atomic E-state index is -0.764. The lowest BCUT2D eigenvalue weighted by atomic mass is 9.78. The SMILES string of the molecule is Cc1nc(CN2CC[C@@](NC(=O)CN(C)C)(c3ccccc3)[C@H](O)C2)sc1C. The van der Waals surface area contributed by atoms with Gasteiger partial charge in [0.1, 0.15) is 5.01 Å². The maximum atomic E-state index is 12.6. The van der Waals surface area contributed by atoms with Crippen LogP contribution >= 0.6 is 11.3 Å². The molecule has 0 spiro atoms. The number of nitrogens with zero attached hydrogens (tertiary/aromatic N) is 3. The zero-order valence-electron chi connectivity index (χ0n) is 17.1. The number of hydrogen-bond acceptors (Lipinski definition) is 6. The molecule has 3 rings (SSSR count). The number of piperidine rings is 1. The van der Waals surface area contributed by atoms with Crippen molar-refractivity contribution in [3.8, 4) is 0 Å². The lowest BCUT2D eigenvalue weighted by Gasteiger charge is -2.46. The standard InChI is InChI=1S/C21H30N4O2S/c1-15-16(2)28-20(22-15)14-25-11-10-21(18(26)12-25,17-8-6-5-7-9-17)23-19(27)13-24(3)4/h5-9,18,26H,10-14H2,1-4H3,(H,23,27)/t18-,21-/m1/s1. The summed E-state index contributed by atoms with van der Waals surface area (Å²) in [5, 5.41) is 15.4. The second kappa shape index (κ2) is 8.69. The van der Waals surface area contributed by atoms with Gasteiger partial charge in [-0.3, -0.25) is 9.69 Å². The number of aromatic nitrogens is 1. The van der Waals surface area contributed by atoms with E-state index >= 15 is 0 Å². The molecule has 2 N–H and O–H groups in total. The minimum absolute atomic E-state index is 0.0764. The Kier molecular flexibility index (Phi) is 6.50. The zero-order valence-corrected chi connectivity index (χ0v) is 17.9. The summed E-state index contributed by atoms with van der Waals surface area (Å²) < 4.78 is 0. The quantitative estimate of drug-likeness (QED) is 0.772. The van der Waals surface area contributed by atoms with Crippen LogP contribution in [-0.2, 0) is 16.9 Å². The molecule has 1 saturated heterocycles. The first kappa shape index (κ1) is 20.9. The van der Waals surface area contributed by atoms with Crippen molar-refractivity contribution in [3.05, 3.63) is 51.5 Å². The van der Waals surface area contributed by atoms with E-state index in [0.29, 0.717) is 19.5 Å². The molecule has 6 nitrogen and oxygen atoms in total. The topological polar surface area (TPSA) is 68.7 Å². The number of carbonyl (C=O) groups excluding carboxylic acids is 1. The van der Waals surface area contributed by atoms with Crippen LogP contribution in [-0.4, -0.2) is 65.6 Å². The first-order valence-corrected chi connectivity index (χ1v) is 10.5. The van der Waals surface area contributed by atoms with Crippen molar-refractivity contribution in [2.75, 3.05) is 33.7 Å². The lowest BCUT2D eigenvalue weighted by Crippen LogP contribution is -2.62. The molecule has 2 aromatic rings. The molecule has 1 aliphatic heterocycles. The second-order valence-electron chi connectivity index (χ2n) is 7.87. The van der Waals surface area contributed by atoms with Gasteiger partial charge >= 0.3 is 0 Å². The molecule has 1 aromatic heterocycles. The van der Waals surface area contributed by atoms with Crippen LogP contribution in [0.15, 0.2) is 30.3 Å². The summed E-state index contributed by atoms with van der Waals surface area (Å²) in [6, 6.07) is 9.84. The van der Waals surface area contributed by atoms with Gasteiger partial charge in [-0.15, -0.1) is 11.3 Å². The average molecular weight is 403 g/mol. The summed E-state index contributed by atoms with van der Waals surface area (Å²) in [5.74, 6) is -0.0764. The van der Waals surface area contributed by atoms with Crippen LogP contribution in [0.5, 0.6) is 0 Å². The molecule has 2 heterocycles. The Bertz CT molecular complexity index is 788. The average Bonchev–Trinajstić information content (AvgIpc) is 2.95. The zero-order chi connectivity index (χ0) is 20.3. The molecule has 1 aromatic carbocycles. The molecule has 1 fully saturated rings. The number of aryl methyl sites for hydroxylation is 2. The van der Waals surface area contributed by atoms with Crippen LogP contribution in [0.25, 0.3) is 0 Å². The van der Waals surface area contributed by atoms with E-state index in [1.165, 1.54) is 4.88 Å². The smallest absolute Gasteiger partial charge is 0.234 e. The Morgan fingerprint density at radius 1 is 1.36 bits per heavy atom. The molecule has 0 aliphatic carbocycles. The van der Waals surface area contributed by atoms with Gasteiger partial charge in [-0.2, -0.15) is 0 Å². The highest BCUT2D eigenvalue weighted by Gasteiger charge is 2.44. The maximum absolute atomic E-state index is 12.6. The molecule has 7 heteroatoms. The molecule has 0 radical (unpaired) electrons. The van der Waals surface area contributed by atoms with Crippen molar-refractivity contribution in [2.24, 2.45) is 0 Å². The first-order chi connectivity index (χ1) is 13.3. The summed E-state index contributed by atoms with van der Waals surface area (Å²) in [6.45, 7) is 6.42. The van der Waals surface area contributed by atoms with E-state index in [1.54, 1.807) is 11.3 Å². The van der Waals surface area contributed by atoms with Crippen LogP contribution in [0, 0.1) is 13.8 Å². The van der Waals surface area contributed by atoms with Crippen LogP contribution in [0.4, 0.5) is 0 Å². The van der Waals surface area contributed by atoms with Crippen molar-refractivity contribution < 1.29 is 9.90 Å². The highest BCUT2D eigenvalue weighted by Crippen LogP contribution is 2.34. The predicted octanol–water partition coefficient (Wildman–Crippen LogP) is 1.90. The number of likely N-dealkylation sites (tertiary alicyclic amines) is 1. The number of nitrogens with one attached hydrogen (secondary N) is 1. The van der Waals surface area contributed by atoms with E-state index in [4.69, 9.17) is 0 Å². The Labute approximate surface area is 171 Å². The fourth-order valence-corrected chi connectivity index (χ4v) is 4.78. The molecule has 1 aliphatic rings. The van der Waals surface area contributed by atoms with Crippen LogP contribution in [0.2, 0.25) is 0 Å². The molecule has 0 bridgehead atoms. The van der Waals surface area contributed by atoms with Crippen molar-refractivity contribution in [1.29, 1.82) is 0 Å². The molecular weight excluding hydrogens is 372 g/mol. The van der Waals surface area contributed by atoms with Gasteiger partial charge in [0, 0.05) is 18.0 Å². The van der Waals surface area contributed by atoms with Gasteiger partial charge in [-0.05, 0) is 39.9 Å². The Balaban J connectivity index is 1.78. The van der Waals surface area contributed by atoms with Gasteiger partial charge in [-0.25, -0.2) is 4.98 Å². The van der Waals surface area contributed by atoms with Crippen molar-refractivity contribution >= 4 is 17.2 Å². The molecule has 1 amide bonds. The van der Waals surface area contributed by atoms with Gasteiger partial charge < -0.3 is 15.3 Å². The van der Waals surface area contributed by atoms with Gasteiger partial charge in [-0.1, -0.05) is 30.3 Å². The second-order valence-corrected chi connectivity index (χ2v) is 9.16. The predicted molar refractivity (Wildman–Crippen MR) is 112 cm³/mol.